The summed E-state index contributed by atoms with van der Waals surface area (Å²) in [4.78, 5) is 0. The van der Waals surface area contributed by atoms with E-state index in [1.807, 2.05) is 0 Å². The molecule has 0 radical (unpaired) electrons. The summed E-state index contributed by atoms with van der Waals surface area (Å²) in [5.41, 5.74) is 5.80. The second-order valence-electron chi connectivity index (χ2n) is 1.46. The van der Waals surface area contributed by atoms with E-state index in [2.05, 4.69) is 0 Å². The maximum Gasteiger partial charge on any atom is 0.0645 e. The van der Waals surface area contributed by atoms with Crippen LogP contribution < -0.4 is 5.73 Å². The third-order valence-electron chi connectivity index (χ3n) is 0.799. The molecule has 0 aromatic heterocycles. The molecule has 42 valence electrons. The van der Waals surface area contributed by atoms with Crippen LogP contribution in [-0.4, -0.2) is 0 Å². The van der Waals surface area contributed by atoms with Gasteiger partial charge in [-0.3, -0.25) is 0 Å². The lowest BCUT2D eigenvalue weighted by Gasteiger charge is -1.88. The Morgan fingerprint density at radius 2 is 2.25 bits per heavy atom. The highest BCUT2D eigenvalue weighted by atomic mass is 35.5. The molecule has 0 bridgehead atoms. The highest BCUT2D eigenvalue weighted by Gasteiger charge is 1.82. The maximum absolute atomic E-state index is 7.15. The molecule has 1 rings (SSSR count). The van der Waals surface area contributed by atoms with E-state index in [-0.39, 0.29) is 6.04 Å². The van der Waals surface area contributed by atoms with Crippen molar-refractivity contribution in [3.63, 3.8) is 0 Å². The molecule has 0 aliphatic heterocycles. The van der Waals surface area contributed by atoms with Crippen molar-refractivity contribution in [3.05, 3.63) is 29.3 Å². The topological polar surface area (TPSA) is 26.0 Å². The summed E-state index contributed by atoms with van der Waals surface area (Å²) in [6, 6.07) is 5.07. The molecule has 0 unspecified atom stereocenters. The van der Waals surface area contributed by atoms with Gasteiger partial charge in [0.25, 0.3) is 0 Å². The Hall–Kier alpha value is -0.690. The number of halogens is 1. The van der Waals surface area contributed by atoms with Gasteiger partial charge in [-0.25, -0.2) is 0 Å². The molecule has 0 amide bonds. The SMILES string of the molecule is [2H]c1cc(Cl)ccc1N. The van der Waals surface area contributed by atoms with Gasteiger partial charge in [-0.1, -0.05) is 11.6 Å². The average molecular weight is 129 g/mol. The fourth-order valence-electron chi connectivity index (χ4n) is 0.418. The highest BCUT2D eigenvalue weighted by molar-refractivity contribution is 6.30. The molecule has 0 fully saturated rings. The van der Waals surface area contributed by atoms with Gasteiger partial charge in [-0.15, -0.1) is 0 Å². The second kappa shape index (κ2) is 2.05. The number of rotatable bonds is 0. The quantitative estimate of drug-likeness (QED) is 0.531. The Kier molecular flexibility index (Phi) is 1.08. The van der Waals surface area contributed by atoms with Crippen LogP contribution >= 0.6 is 11.6 Å². The van der Waals surface area contributed by atoms with Crippen molar-refractivity contribution in [2.24, 2.45) is 0 Å². The summed E-state index contributed by atoms with van der Waals surface area (Å²) in [6.45, 7) is 0. The third-order valence-corrected chi connectivity index (χ3v) is 1.03. The van der Waals surface area contributed by atoms with E-state index in [0.29, 0.717) is 10.7 Å². The first-order chi connectivity index (χ1) is 4.20. The first-order valence-electron chi connectivity index (χ1n) is 2.72. The van der Waals surface area contributed by atoms with Crippen molar-refractivity contribution in [1.29, 1.82) is 0 Å². The van der Waals surface area contributed by atoms with E-state index in [0.717, 1.165) is 0 Å². The van der Waals surface area contributed by atoms with Crippen LogP contribution in [0.1, 0.15) is 1.37 Å². The van der Waals surface area contributed by atoms with Crippen LogP contribution in [0.15, 0.2) is 24.2 Å². The summed E-state index contributed by atoms with van der Waals surface area (Å²) in [6.07, 6.45) is 0. The first-order valence-corrected chi connectivity index (χ1v) is 2.59. The lowest BCUT2D eigenvalue weighted by atomic mass is 10.3. The minimum Gasteiger partial charge on any atom is -0.399 e. The molecule has 0 saturated heterocycles. The Morgan fingerprint density at radius 1 is 1.50 bits per heavy atom. The molecule has 0 aliphatic rings. The minimum absolute atomic E-state index is 0.280. The van der Waals surface area contributed by atoms with Crippen LogP contribution in [0, 0.1) is 0 Å². The van der Waals surface area contributed by atoms with Crippen molar-refractivity contribution >= 4 is 17.3 Å². The van der Waals surface area contributed by atoms with Gasteiger partial charge < -0.3 is 5.73 Å². The molecule has 0 spiro atoms. The number of hydrogen-bond acceptors (Lipinski definition) is 1. The first kappa shape index (κ1) is 4.21. The smallest absolute Gasteiger partial charge is 0.0645 e. The predicted molar refractivity (Wildman–Crippen MR) is 35.9 cm³/mol. The molecule has 1 aromatic carbocycles. The lowest BCUT2D eigenvalue weighted by Crippen LogP contribution is -1.80. The maximum atomic E-state index is 7.15. The number of nitrogen functional groups attached to an aromatic ring is 1. The predicted octanol–water partition coefficient (Wildman–Crippen LogP) is 1.92. The zero-order valence-corrected chi connectivity index (χ0v) is 4.94. The third kappa shape index (κ3) is 1.14. The number of nitrogens with two attached hydrogens (primary N) is 1. The molecule has 8 heavy (non-hydrogen) atoms. The van der Waals surface area contributed by atoms with E-state index < -0.39 is 0 Å². The zero-order chi connectivity index (χ0) is 6.85. The van der Waals surface area contributed by atoms with Gasteiger partial charge in [0.2, 0.25) is 0 Å². The van der Waals surface area contributed by atoms with Crippen LogP contribution in [-0.2, 0) is 0 Å². The second-order valence-corrected chi connectivity index (χ2v) is 1.90. The van der Waals surface area contributed by atoms with Gasteiger partial charge in [-0.05, 0) is 24.2 Å². The van der Waals surface area contributed by atoms with E-state index >= 15 is 0 Å². The van der Waals surface area contributed by atoms with E-state index in [4.69, 9.17) is 18.7 Å². The minimum atomic E-state index is 0.280. The molecular formula is C6H6ClN. The van der Waals surface area contributed by atoms with Gasteiger partial charge in [0.15, 0.2) is 0 Å². The van der Waals surface area contributed by atoms with Crippen LogP contribution in [0.2, 0.25) is 5.02 Å². The fourth-order valence-corrected chi connectivity index (χ4v) is 0.535. The van der Waals surface area contributed by atoms with E-state index in [1.165, 1.54) is 6.07 Å². The van der Waals surface area contributed by atoms with Gasteiger partial charge in [0.1, 0.15) is 0 Å². The standard InChI is InChI=1S/C6H6ClN/c7-5-1-3-6(8)4-2-5/h1-4H,8H2/i3D. The summed E-state index contributed by atoms with van der Waals surface area (Å²) in [5.74, 6) is 0. The molecule has 1 aromatic rings. The molecule has 0 atom stereocenters. The molecular weight excluding hydrogens is 122 g/mol. The van der Waals surface area contributed by atoms with Crippen molar-refractivity contribution in [1.82, 2.24) is 0 Å². The molecule has 0 heterocycles. The average Bonchev–Trinajstić information content (AvgIpc) is 1.80. The van der Waals surface area contributed by atoms with Gasteiger partial charge in [0.05, 0.1) is 1.37 Å². The zero-order valence-electron chi connectivity index (χ0n) is 5.19. The number of anilines is 1. The summed E-state index contributed by atoms with van der Waals surface area (Å²) in [7, 11) is 0. The molecule has 1 nitrogen and oxygen atoms in total. The monoisotopic (exact) mass is 128 g/mol. The fraction of sp³-hybridized carbons (Fsp3) is 0. The van der Waals surface area contributed by atoms with Crippen molar-refractivity contribution in [2.45, 2.75) is 0 Å². The van der Waals surface area contributed by atoms with Crippen molar-refractivity contribution < 1.29 is 1.37 Å². The Morgan fingerprint density at radius 3 is 2.75 bits per heavy atom. The van der Waals surface area contributed by atoms with E-state index in [1.54, 1.807) is 12.1 Å². The largest absolute Gasteiger partial charge is 0.399 e. The van der Waals surface area contributed by atoms with Crippen molar-refractivity contribution in [3.8, 4) is 0 Å². The Balaban J connectivity index is 3.17. The number of benzene rings is 1. The van der Waals surface area contributed by atoms with Crippen LogP contribution in [0.3, 0.4) is 0 Å². The summed E-state index contributed by atoms with van der Waals surface area (Å²) in [5, 5.41) is 0.550. The molecule has 2 N–H and O–H groups in total. The van der Waals surface area contributed by atoms with E-state index in [9.17, 15) is 0 Å². The normalized spacial score (nSPS) is 10.9. The van der Waals surface area contributed by atoms with Crippen molar-refractivity contribution in [2.75, 3.05) is 5.73 Å². The Bertz CT molecular complexity index is 224. The van der Waals surface area contributed by atoms with Crippen LogP contribution in [0.25, 0.3) is 0 Å². The molecule has 0 aliphatic carbocycles. The lowest BCUT2D eigenvalue weighted by molar-refractivity contribution is 1.69. The highest BCUT2D eigenvalue weighted by Crippen LogP contribution is 2.09. The Labute approximate surface area is 54.5 Å². The summed E-state index contributed by atoms with van der Waals surface area (Å²) < 4.78 is 7.15. The van der Waals surface area contributed by atoms with Crippen LogP contribution in [0.5, 0.6) is 0 Å². The van der Waals surface area contributed by atoms with Crippen LogP contribution in [0.4, 0.5) is 5.69 Å². The van der Waals surface area contributed by atoms with Gasteiger partial charge in [-0.2, -0.15) is 0 Å². The number of hydrogen-bond donors (Lipinski definition) is 1. The molecule has 2 heteroatoms. The summed E-state index contributed by atoms with van der Waals surface area (Å²) >= 11 is 5.54. The molecule has 0 saturated carbocycles. The van der Waals surface area contributed by atoms with Gasteiger partial charge in [0, 0.05) is 10.7 Å². The van der Waals surface area contributed by atoms with Gasteiger partial charge >= 0.3 is 0 Å².